The average Bonchev–Trinajstić information content (AvgIpc) is 2.70. The van der Waals surface area contributed by atoms with Crippen molar-refractivity contribution < 1.29 is 23.9 Å². The van der Waals surface area contributed by atoms with E-state index < -0.39 is 18.0 Å². The summed E-state index contributed by atoms with van der Waals surface area (Å²) in [5.41, 5.74) is 1.22. The minimum absolute atomic E-state index is 0.143. The molecule has 0 aromatic heterocycles. The Labute approximate surface area is 162 Å². The van der Waals surface area contributed by atoms with Crippen LogP contribution in [0.5, 0.6) is 0 Å². The highest BCUT2D eigenvalue weighted by Gasteiger charge is 2.32. The number of amides is 1. The van der Waals surface area contributed by atoms with Crippen molar-refractivity contribution in [3.63, 3.8) is 0 Å². The first-order valence-corrected chi connectivity index (χ1v) is 8.93. The molecule has 6 heteroatoms. The number of carbonyl (C=O) groups excluding carboxylic acids is 4. The Morgan fingerprint density at radius 1 is 1.00 bits per heavy atom. The van der Waals surface area contributed by atoms with Crippen molar-refractivity contribution in [2.75, 3.05) is 5.32 Å². The third kappa shape index (κ3) is 3.62. The quantitative estimate of drug-likeness (QED) is 0.544. The lowest BCUT2D eigenvalue weighted by molar-refractivity contribution is -0.148. The molecule has 1 unspecified atom stereocenters. The second-order valence-electron chi connectivity index (χ2n) is 6.31. The summed E-state index contributed by atoms with van der Waals surface area (Å²) in [5, 5.41) is 2.60. The lowest BCUT2D eigenvalue weighted by Gasteiger charge is -2.21. The van der Waals surface area contributed by atoms with Gasteiger partial charge in [0.15, 0.2) is 17.7 Å². The van der Waals surface area contributed by atoms with Crippen LogP contribution in [0, 0.1) is 0 Å². The van der Waals surface area contributed by atoms with Gasteiger partial charge in [-0.25, -0.2) is 4.79 Å². The standard InChI is InChI=1S/C22H19NO5/c1-3-4-12-18(24)28-13(2)22(27)23-17-11-7-10-16-19(17)21(26)15-9-6-5-8-14(15)20(16)25/h4-13H,3H2,1-2H3,(H,23,27)/b12-4+. The van der Waals surface area contributed by atoms with E-state index in [9.17, 15) is 19.2 Å². The van der Waals surface area contributed by atoms with E-state index >= 15 is 0 Å². The average molecular weight is 377 g/mol. The van der Waals surface area contributed by atoms with E-state index in [1.807, 2.05) is 6.92 Å². The largest absolute Gasteiger partial charge is 0.449 e. The van der Waals surface area contributed by atoms with Crippen molar-refractivity contribution in [1.29, 1.82) is 0 Å². The molecule has 0 saturated heterocycles. The number of benzene rings is 2. The van der Waals surface area contributed by atoms with Gasteiger partial charge in [-0.3, -0.25) is 14.4 Å². The molecule has 1 N–H and O–H groups in total. The summed E-state index contributed by atoms with van der Waals surface area (Å²) in [5.74, 6) is -1.83. The molecule has 1 aliphatic carbocycles. The fraction of sp³-hybridized carbons (Fsp3) is 0.182. The molecule has 0 aliphatic heterocycles. The van der Waals surface area contributed by atoms with E-state index in [4.69, 9.17) is 4.74 Å². The van der Waals surface area contributed by atoms with Gasteiger partial charge in [0.05, 0.1) is 11.3 Å². The van der Waals surface area contributed by atoms with Crippen LogP contribution in [0.15, 0.2) is 54.6 Å². The number of nitrogens with one attached hydrogen (secondary N) is 1. The molecular weight excluding hydrogens is 358 g/mol. The van der Waals surface area contributed by atoms with Gasteiger partial charge in [-0.15, -0.1) is 0 Å². The number of ether oxygens (including phenoxy) is 1. The molecule has 0 saturated carbocycles. The van der Waals surface area contributed by atoms with Crippen molar-refractivity contribution in [2.45, 2.75) is 26.4 Å². The first-order valence-electron chi connectivity index (χ1n) is 8.93. The van der Waals surface area contributed by atoms with Crippen molar-refractivity contribution in [3.05, 3.63) is 76.9 Å². The molecule has 2 aromatic rings. The molecule has 0 bridgehead atoms. The van der Waals surface area contributed by atoms with Crippen LogP contribution in [0.2, 0.25) is 0 Å². The molecule has 142 valence electrons. The lowest BCUT2D eigenvalue weighted by atomic mass is 9.83. The van der Waals surface area contributed by atoms with Gasteiger partial charge >= 0.3 is 5.97 Å². The normalized spacial score (nSPS) is 13.6. The Morgan fingerprint density at radius 2 is 1.64 bits per heavy atom. The summed E-state index contributed by atoms with van der Waals surface area (Å²) in [4.78, 5) is 49.7. The smallest absolute Gasteiger partial charge is 0.331 e. The van der Waals surface area contributed by atoms with Gasteiger partial charge < -0.3 is 10.1 Å². The number of carbonyl (C=O) groups is 4. The van der Waals surface area contributed by atoms with Crippen LogP contribution in [0.1, 0.15) is 52.1 Å². The Bertz CT molecular complexity index is 1010. The predicted molar refractivity (Wildman–Crippen MR) is 103 cm³/mol. The molecule has 28 heavy (non-hydrogen) atoms. The predicted octanol–water partition coefficient (Wildman–Crippen LogP) is 3.30. The summed E-state index contributed by atoms with van der Waals surface area (Å²) in [6, 6.07) is 11.3. The molecule has 0 fully saturated rings. The second-order valence-corrected chi connectivity index (χ2v) is 6.31. The summed E-state index contributed by atoms with van der Waals surface area (Å²) in [7, 11) is 0. The highest BCUT2D eigenvalue weighted by molar-refractivity contribution is 6.30. The van der Waals surface area contributed by atoms with Crippen LogP contribution in [0.25, 0.3) is 0 Å². The van der Waals surface area contributed by atoms with Crippen LogP contribution in [-0.4, -0.2) is 29.5 Å². The Hall–Kier alpha value is -3.54. The van der Waals surface area contributed by atoms with Gasteiger partial charge in [0.25, 0.3) is 5.91 Å². The van der Waals surface area contributed by atoms with Gasteiger partial charge in [-0.1, -0.05) is 49.4 Å². The van der Waals surface area contributed by atoms with Gasteiger partial charge in [0.2, 0.25) is 0 Å². The Balaban J connectivity index is 1.86. The number of fused-ring (bicyclic) bond motifs is 2. The number of hydrogen-bond acceptors (Lipinski definition) is 5. The van der Waals surface area contributed by atoms with Crippen molar-refractivity contribution >= 4 is 29.1 Å². The molecule has 3 rings (SSSR count). The van der Waals surface area contributed by atoms with E-state index in [1.165, 1.54) is 13.0 Å². The third-order valence-electron chi connectivity index (χ3n) is 4.36. The number of allylic oxidation sites excluding steroid dienone is 1. The highest BCUT2D eigenvalue weighted by Crippen LogP contribution is 2.32. The van der Waals surface area contributed by atoms with Crippen molar-refractivity contribution in [1.82, 2.24) is 0 Å². The maximum Gasteiger partial charge on any atom is 0.331 e. The van der Waals surface area contributed by atoms with Crippen LogP contribution in [0.3, 0.4) is 0 Å². The maximum absolute atomic E-state index is 12.9. The number of rotatable bonds is 5. The SMILES string of the molecule is CC/C=C/C(=O)OC(C)C(=O)Nc1cccc2c1C(=O)c1ccccc1C2=O. The van der Waals surface area contributed by atoms with E-state index in [1.54, 1.807) is 48.5 Å². The van der Waals surface area contributed by atoms with E-state index in [0.29, 0.717) is 17.5 Å². The van der Waals surface area contributed by atoms with Crippen LogP contribution < -0.4 is 5.32 Å². The second kappa shape index (κ2) is 8.00. The molecule has 1 atom stereocenters. The van der Waals surface area contributed by atoms with E-state index in [0.717, 1.165) is 0 Å². The van der Waals surface area contributed by atoms with Crippen LogP contribution in [0.4, 0.5) is 5.69 Å². The molecular formula is C22H19NO5. The fourth-order valence-electron chi connectivity index (χ4n) is 2.96. The molecule has 1 aliphatic rings. The fourth-order valence-corrected chi connectivity index (χ4v) is 2.96. The van der Waals surface area contributed by atoms with Crippen molar-refractivity contribution in [2.24, 2.45) is 0 Å². The summed E-state index contributed by atoms with van der Waals surface area (Å²) < 4.78 is 5.05. The maximum atomic E-state index is 12.9. The number of hydrogen-bond donors (Lipinski definition) is 1. The molecule has 6 nitrogen and oxygen atoms in total. The Morgan fingerprint density at radius 3 is 2.32 bits per heavy atom. The van der Waals surface area contributed by atoms with E-state index in [-0.39, 0.29) is 28.4 Å². The minimum atomic E-state index is -1.06. The summed E-state index contributed by atoms with van der Waals surface area (Å²) in [6.07, 6.45) is 2.49. The molecule has 0 heterocycles. The van der Waals surface area contributed by atoms with Crippen molar-refractivity contribution in [3.8, 4) is 0 Å². The summed E-state index contributed by atoms with van der Waals surface area (Å²) >= 11 is 0. The first-order chi connectivity index (χ1) is 13.4. The van der Waals surface area contributed by atoms with Gasteiger partial charge in [-0.05, 0) is 19.4 Å². The number of ketones is 2. The van der Waals surface area contributed by atoms with E-state index in [2.05, 4.69) is 5.32 Å². The Kier molecular flexibility index (Phi) is 5.49. The molecule has 0 spiro atoms. The number of anilines is 1. The number of esters is 1. The lowest BCUT2D eigenvalue weighted by Crippen LogP contribution is -2.31. The first kappa shape index (κ1) is 19.2. The molecule has 1 amide bonds. The zero-order chi connectivity index (χ0) is 20.3. The highest BCUT2D eigenvalue weighted by atomic mass is 16.5. The van der Waals surface area contributed by atoms with Gasteiger partial charge in [0.1, 0.15) is 0 Å². The topological polar surface area (TPSA) is 89.5 Å². The monoisotopic (exact) mass is 377 g/mol. The zero-order valence-corrected chi connectivity index (χ0v) is 15.5. The van der Waals surface area contributed by atoms with Gasteiger partial charge in [0, 0.05) is 22.8 Å². The molecule has 2 aromatic carbocycles. The zero-order valence-electron chi connectivity index (χ0n) is 15.5. The minimum Gasteiger partial charge on any atom is -0.449 e. The third-order valence-corrected chi connectivity index (χ3v) is 4.36. The van der Waals surface area contributed by atoms with Gasteiger partial charge in [-0.2, -0.15) is 0 Å². The summed E-state index contributed by atoms with van der Waals surface area (Å²) in [6.45, 7) is 3.31. The van der Waals surface area contributed by atoms with Crippen LogP contribution >= 0.6 is 0 Å². The molecule has 0 radical (unpaired) electrons. The van der Waals surface area contributed by atoms with Crippen LogP contribution in [-0.2, 0) is 14.3 Å².